The highest BCUT2D eigenvalue weighted by Gasteiger charge is 2.38. The summed E-state index contributed by atoms with van der Waals surface area (Å²) in [5.74, 6) is -1.06. The molecule has 1 N–H and O–H groups in total. The molecule has 0 aromatic heterocycles. The number of hydrogen-bond acceptors (Lipinski definition) is 7. The Kier molecular flexibility index (Phi) is 10.5. The zero-order valence-corrected chi connectivity index (χ0v) is 23.6. The number of nitrogens with zero attached hydrogens (tertiary/aromatic N) is 3. The molecule has 2 aliphatic rings. The average Bonchev–Trinajstić information content (AvgIpc) is 3.20. The van der Waals surface area contributed by atoms with Crippen molar-refractivity contribution in [2.24, 2.45) is 0 Å². The molecule has 1 saturated heterocycles. The molecule has 3 rings (SSSR count). The molecule has 0 spiro atoms. The van der Waals surface area contributed by atoms with E-state index < -0.39 is 10.1 Å². The van der Waals surface area contributed by atoms with Crippen molar-refractivity contribution in [3.63, 3.8) is 0 Å². The Balaban J connectivity index is 1.81. The second-order valence-electron chi connectivity index (χ2n) is 8.73. The van der Waals surface area contributed by atoms with Crippen LogP contribution in [0.3, 0.4) is 0 Å². The number of rotatable bonds is 12. The third-order valence-electron chi connectivity index (χ3n) is 5.92. The fraction of sp³-hybridized carbons (Fsp3) is 0.423. The van der Waals surface area contributed by atoms with E-state index in [4.69, 9.17) is 16.8 Å². The first kappa shape index (κ1) is 29.1. The molecule has 0 bridgehead atoms. The van der Waals surface area contributed by atoms with Crippen LogP contribution in [0, 0.1) is 0 Å². The molecule has 200 valence electrons. The number of allylic oxidation sites excluding steroid dienone is 4. The number of carbonyl (C=O) groups excluding carboxylic acids is 2. The van der Waals surface area contributed by atoms with Gasteiger partial charge in [0.2, 0.25) is 0 Å². The lowest BCUT2D eigenvalue weighted by molar-refractivity contribution is -0.133. The Bertz CT molecular complexity index is 1190. The highest BCUT2D eigenvalue weighted by Crippen LogP contribution is 2.45. The topological polar surface area (TPSA) is 98.2 Å². The van der Waals surface area contributed by atoms with Crippen molar-refractivity contribution < 1.29 is 22.6 Å². The van der Waals surface area contributed by atoms with Gasteiger partial charge < -0.3 is 4.90 Å². The SMILES string of the molecule is CCCCN1C(=O)C(=C/C=C/C=C2/Sc3ccccc3N2CCCS(=O)(=O)O)C(=O)N(CCCC)C1=S. The highest BCUT2D eigenvalue weighted by atomic mass is 32.2. The summed E-state index contributed by atoms with van der Waals surface area (Å²) in [5.41, 5.74) is 1.05. The van der Waals surface area contributed by atoms with Crippen molar-refractivity contribution in [2.75, 3.05) is 30.3 Å². The summed E-state index contributed by atoms with van der Waals surface area (Å²) in [5, 5.41) is 1.16. The van der Waals surface area contributed by atoms with Gasteiger partial charge in [-0.15, -0.1) is 0 Å². The van der Waals surface area contributed by atoms with Crippen molar-refractivity contribution >= 4 is 56.7 Å². The molecule has 0 unspecified atom stereocenters. The number of fused-ring (bicyclic) bond motifs is 1. The van der Waals surface area contributed by atoms with E-state index in [1.54, 1.807) is 23.9 Å². The Morgan fingerprint density at radius 3 is 2.05 bits per heavy atom. The Morgan fingerprint density at radius 2 is 1.46 bits per heavy atom. The third-order valence-corrected chi connectivity index (χ3v) is 8.29. The van der Waals surface area contributed by atoms with Gasteiger partial charge >= 0.3 is 0 Å². The van der Waals surface area contributed by atoms with Crippen molar-refractivity contribution in [2.45, 2.75) is 50.8 Å². The number of thiocarbonyl (C=S) groups is 1. The van der Waals surface area contributed by atoms with Gasteiger partial charge in [0.05, 0.1) is 16.5 Å². The van der Waals surface area contributed by atoms with Crippen LogP contribution in [0.4, 0.5) is 5.69 Å². The van der Waals surface area contributed by atoms with E-state index >= 15 is 0 Å². The Labute approximate surface area is 228 Å². The lowest BCUT2D eigenvalue weighted by Gasteiger charge is -2.36. The number of carbonyl (C=O) groups is 2. The molecule has 0 aliphatic carbocycles. The summed E-state index contributed by atoms with van der Waals surface area (Å²) >= 11 is 7.03. The zero-order chi connectivity index (χ0) is 27.0. The largest absolute Gasteiger partial charge is 0.335 e. The molecule has 0 saturated carbocycles. The van der Waals surface area contributed by atoms with Crippen LogP contribution in [0.15, 0.2) is 64.1 Å². The van der Waals surface area contributed by atoms with Crippen LogP contribution < -0.4 is 4.90 Å². The van der Waals surface area contributed by atoms with E-state index in [0.717, 1.165) is 41.3 Å². The maximum absolute atomic E-state index is 13.1. The van der Waals surface area contributed by atoms with Gasteiger partial charge in [-0.2, -0.15) is 8.42 Å². The number of hydrogen-bond donors (Lipinski definition) is 1. The smallest absolute Gasteiger partial charge is 0.265 e. The highest BCUT2D eigenvalue weighted by molar-refractivity contribution is 8.03. The summed E-state index contributed by atoms with van der Waals surface area (Å²) in [6.45, 7) is 5.44. The van der Waals surface area contributed by atoms with Gasteiger partial charge in [0, 0.05) is 24.5 Å². The van der Waals surface area contributed by atoms with Gasteiger partial charge in [0.15, 0.2) is 5.11 Å². The van der Waals surface area contributed by atoms with Crippen LogP contribution in [-0.2, 0) is 19.7 Å². The molecule has 37 heavy (non-hydrogen) atoms. The van der Waals surface area contributed by atoms with Gasteiger partial charge in [-0.3, -0.25) is 23.9 Å². The number of amides is 2. The van der Waals surface area contributed by atoms with Crippen LogP contribution in [-0.4, -0.2) is 65.1 Å². The van der Waals surface area contributed by atoms with Crippen molar-refractivity contribution in [1.29, 1.82) is 0 Å². The fourth-order valence-corrected chi connectivity index (χ4v) is 5.92. The number of para-hydroxylation sites is 1. The van der Waals surface area contributed by atoms with Gasteiger partial charge in [0.1, 0.15) is 5.57 Å². The molecular formula is C26H33N3O5S3. The molecule has 1 aromatic carbocycles. The third kappa shape index (κ3) is 7.53. The lowest BCUT2D eigenvalue weighted by atomic mass is 10.1. The minimum Gasteiger partial charge on any atom is -0.335 e. The van der Waals surface area contributed by atoms with E-state index in [2.05, 4.69) is 0 Å². The van der Waals surface area contributed by atoms with Gasteiger partial charge in [0.25, 0.3) is 21.9 Å². The molecule has 2 aliphatic heterocycles. The second kappa shape index (κ2) is 13.4. The first-order valence-electron chi connectivity index (χ1n) is 12.4. The minimum absolute atomic E-state index is 0.0859. The van der Waals surface area contributed by atoms with Gasteiger partial charge in [-0.25, -0.2) is 0 Å². The van der Waals surface area contributed by atoms with E-state index in [9.17, 15) is 18.0 Å². The van der Waals surface area contributed by atoms with Crippen LogP contribution >= 0.6 is 24.0 Å². The summed E-state index contributed by atoms with van der Waals surface area (Å²) in [4.78, 5) is 32.3. The summed E-state index contributed by atoms with van der Waals surface area (Å²) in [6.07, 6.45) is 10.5. The van der Waals surface area contributed by atoms with Crippen LogP contribution in [0.25, 0.3) is 0 Å². The number of thioether (sulfide) groups is 1. The molecule has 8 nitrogen and oxygen atoms in total. The van der Waals surface area contributed by atoms with Crippen LogP contribution in [0.5, 0.6) is 0 Å². The normalized spacial score (nSPS) is 17.5. The maximum Gasteiger partial charge on any atom is 0.265 e. The minimum atomic E-state index is -4.04. The van der Waals surface area contributed by atoms with Crippen LogP contribution in [0.2, 0.25) is 0 Å². The molecule has 0 atom stereocenters. The predicted octanol–water partition coefficient (Wildman–Crippen LogP) is 4.76. The zero-order valence-electron chi connectivity index (χ0n) is 21.1. The van der Waals surface area contributed by atoms with Crippen molar-refractivity contribution in [3.8, 4) is 0 Å². The average molecular weight is 564 g/mol. The Hall–Kier alpha value is -2.47. The molecule has 2 amide bonds. The lowest BCUT2D eigenvalue weighted by Crippen LogP contribution is -2.56. The van der Waals surface area contributed by atoms with Crippen LogP contribution in [0.1, 0.15) is 46.0 Å². The quantitative estimate of drug-likeness (QED) is 0.168. The van der Waals surface area contributed by atoms with Crippen molar-refractivity contribution in [1.82, 2.24) is 9.80 Å². The molecule has 1 fully saturated rings. The summed E-state index contributed by atoms with van der Waals surface area (Å²) < 4.78 is 31.4. The number of anilines is 1. The second-order valence-corrected chi connectivity index (χ2v) is 11.7. The standard InChI is InChI=1S/C26H33N3O5S3/c1-3-5-16-28-24(30)20(25(31)29(26(28)35)17-6-4-2)12-7-10-15-23-27(18-11-19-37(32,33)34)21-13-8-9-14-22(21)36-23/h7-10,12-15H,3-6,11,16-19H2,1-2H3,(H,32,33,34)/b10-7+,23-15+. The fourth-order valence-electron chi connectivity index (χ4n) is 3.97. The first-order valence-corrected chi connectivity index (χ1v) is 15.3. The Morgan fingerprint density at radius 1 is 0.892 bits per heavy atom. The number of benzene rings is 1. The first-order chi connectivity index (χ1) is 17.7. The predicted molar refractivity (Wildman–Crippen MR) is 152 cm³/mol. The van der Waals surface area contributed by atoms with E-state index in [0.29, 0.717) is 19.6 Å². The van der Waals surface area contributed by atoms with E-state index in [-0.39, 0.29) is 34.7 Å². The van der Waals surface area contributed by atoms with Crippen molar-refractivity contribution in [3.05, 3.63) is 59.2 Å². The number of unbranched alkanes of at least 4 members (excludes halogenated alkanes) is 2. The molecular weight excluding hydrogens is 531 g/mol. The maximum atomic E-state index is 13.1. The van der Waals surface area contributed by atoms with E-state index in [1.165, 1.54) is 15.9 Å². The molecule has 1 aromatic rings. The van der Waals surface area contributed by atoms with Gasteiger partial charge in [-0.05, 0) is 55.8 Å². The monoisotopic (exact) mass is 563 g/mol. The van der Waals surface area contributed by atoms with E-state index in [1.807, 2.05) is 49.1 Å². The summed E-state index contributed by atoms with van der Waals surface area (Å²) in [7, 11) is -4.04. The van der Waals surface area contributed by atoms with Gasteiger partial charge in [-0.1, -0.05) is 62.7 Å². The molecule has 11 heteroatoms. The molecule has 0 radical (unpaired) electrons. The molecule has 2 heterocycles. The summed E-state index contributed by atoms with van der Waals surface area (Å²) in [6, 6.07) is 7.79.